The third-order valence-electron chi connectivity index (χ3n) is 3.97. The predicted molar refractivity (Wildman–Crippen MR) is 121 cm³/mol. The summed E-state index contributed by atoms with van der Waals surface area (Å²) < 4.78 is 22.4. The third-order valence-corrected chi connectivity index (χ3v) is 5.84. The molecule has 1 rings (SSSR count). The fourth-order valence-corrected chi connectivity index (χ4v) is 4.87. The molecule has 13 heteroatoms. The number of aliphatic carboxylic acids is 1. The topological polar surface area (TPSA) is 157 Å². The molecule has 0 bridgehead atoms. The Morgan fingerprint density at radius 3 is 1.70 bits per heavy atom. The number of ether oxygens (including phenoxy) is 4. The number of carboxylic acids is 1. The van der Waals surface area contributed by atoms with Gasteiger partial charge in [-0.15, -0.1) is 11.8 Å². The van der Waals surface area contributed by atoms with Crippen LogP contribution in [0.1, 0.15) is 34.6 Å². The maximum Gasteiger partial charge on any atom is 0.303 e. The van der Waals surface area contributed by atoms with Crippen LogP contribution < -0.4 is 10.4 Å². The summed E-state index contributed by atoms with van der Waals surface area (Å²) in [5.74, 6) is -2.60. The summed E-state index contributed by atoms with van der Waals surface area (Å²) in [5, 5.41) is 11.7. The van der Waals surface area contributed by atoms with Gasteiger partial charge in [-0.3, -0.25) is 19.2 Å². The van der Waals surface area contributed by atoms with Crippen LogP contribution in [-0.2, 0) is 53.8 Å². The Balaban J connectivity index is 0.00000235. The van der Waals surface area contributed by atoms with Crippen molar-refractivity contribution >= 4 is 52.4 Å². The minimum absolute atomic E-state index is 0.0795. The van der Waals surface area contributed by atoms with Crippen LogP contribution in [0.4, 0.5) is 0 Å². The largest absolute Gasteiger partial charge is 0.550 e. The monoisotopic (exact) mass is 511 g/mol. The van der Waals surface area contributed by atoms with E-state index < -0.39 is 59.8 Å². The van der Waals surface area contributed by atoms with Gasteiger partial charge >= 0.3 is 17.9 Å². The lowest BCUT2D eigenvalue weighted by molar-refractivity contribution is -0.302. The summed E-state index contributed by atoms with van der Waals surface area (Å²) in [6.45, 7) is 6.03. The lowest BCUT2D eigenvalue weighted by Gasteiger charge is -2.46. The van der Waals surface area contributed by atoms with Gasteiger partial charge in [0.2, 0.25) is 5.91 Å². The van der Waals surface area contributed by atoms with Crippen LogP contribution in [0.2, 0.25) is 0 Å². The number of rotatable bonds is 8. The zero-order valence-electron chi connectivity index (χ0n) is 20.1. The molecule has 11 nitrogen and oxygen atoms in total. The first-order chi connectivity index (χ1) is 15.2. The summed E-state index contributed by atoms with van der Waals surface area (Å²) in [6, 6.07) is -0.499. The summed E-state index contributed by atoms with van der Waals surface area (Å²) in [6.07, 6.45) is 1.85. The number of amides is 1. The first kappa shape index (κ1) is 31.0. The molecular formula is C20H33NO10S2. The van der Waals surface area contributed by atoms with Crippen LogP contribution in [-0.4, -0.2) is 90.2 Å². The highest BCUT2D eigenvalue weighted by Gasteiger charge is 2.54. The summed E-state index contributed by atoms with van der Waals surface area (Å²) in [4.78, 5) is 55.9. The van der Waals surface area contributed by atoms with Gasteiger partial charge in [0.1, 0.15) is 23.3 Å². The first-order valence-electron chi connectivity index (χ1n) is 9.88. The Kier molecular flexibility index (Phi) is 14.1. The van der Waals surface area contributed by atoms with Gasteiger partial charge in [-0.05, 0) is 24.1 Å². The Hall–Kier alpha value is -1.99. The second-order valence-electron chi connectivity index (χ2n) is 7.38. The maximum atomic E-state index is 11.8. The van der Waals surface area contributed by atoms with Crippen LogP contribution >= 0.6 is 11.8 Å². The Morgan fingerprint density at radius 2 is 1.33 bits per heavy atom. The van der Waals surface area contributed by atoms with Gasteiger partial charge in [0, 0.05) is 33.7 Å². The van der Waals surface area contributed by atoms with Gasteiger partial charge in [0.05, 0.1) is 12.5 Å². The SMILES string of the molecule is CC(=O)[O-].CS[C@H]1O[C@H]([C@H](C[S+](C)C)NC(C)=O)[C@H](OC(C)=O)[C@H](OC(C)=O)[C@H]1OC(C)=O. The Morgan fingerprint density at radius 1 is 0.909 bits per heavy atom. The molecule has 1 saturated heterocycles. The van der Waals surface area contributed by atoms with Crippen molar-refractivity contribution in [2.24, 2.45) is 0 Å². The molecule has 0 unspecified atom stereocenters. The zero-order valence-corrected chi connectivity index (χ0v) is 21.7. The molecule has 0 spiro atoms. The second-order valence-corrected chi connectivity index (χ2v) is 10.6. The molecule has 0 aromatic heterocycles. The number of hydrogen-bond donors (Lipinski definition) is 1. The van der Waals surface area contributed by atoms with Crippen LogP contribution in [0.3, 0.4) is 0 Å². The van der Waals surface area contributed by atoms with Gasteiger partial charge in [-0.1, -0.05) is 0 Å². The summed E-state index contributed by atoms with van der Waals surface area (Å²) >= 11 is 1.26. The van der Waals surface area contributed by atoms with Crippen LogP contribution in [0.25, 0.3) is 0 Å². The Bertz CT molecular complexity index is 698. The molecule has 1 fully saturated rings. The van der Waals surface area contributed by atoms with Crippen molar-refractivity contribution < 1.29 is 48.0 Å². The van der Waals surface area contributed by atoms with Crippen LogP contribution in [0, 0.1) is 0 Å². The molecular weight excluding hydrogens is 478 g/mol. The molecule has 1 heterocycles. The lowest BCUT2D eigenvalue weighted by Crippen LogP contribution is -2.66. The molecule has 0 aromatic carbocycles. The molecule has 0 aliphatic carbocycles. The van der Waals surface area contributed by atoms with Gasteiger partial charge in [-0.2, -0.15) is 0 Å². The van der Waals surface area contributed by atoms with Gasteiger partial charge in [0.25, 0.3) is 0 Å². The van der Waals surface area contributed by atoms with Crippen molar-refractivity contribution in [1.82, 2.24) is 5.32 Å². The van der Waals surface area contributed by atoms with E-state index in [-0.39, 0.29) is 16.8 Å². The fraction of sp³-hybridized carbons (Fsp3) is 0.750. The fourth-order valence-electron chi connectivity index (χ4n) is 3.16. The number of esters is 3. The zero-order chi connectivity index (χ0) is 25.9. The minimum atomic E-state index is -1.08. The molecule has 0 aromatic rings. The van der Waals surface area contributed by atoms with E-state index >= 15 is 0 Å². The highest BCUT2D eigenvalue weighted by atomic mass is 32.2. The standard InChI is InChI=1S/C18H29NO8S2.C2H4O2/c1-9(20)19-13(8-29(6)7)14-15(24-10(2)21)16(25-11(3)22)17(26-12(4)23)18(27-14)28-5;1-2(3)4/h13-18H,8H2,1-7H3;1H3,(H,3,4)/t13-,14+,15-,16-,17+,18+;/m0./s1. The normalized spacial score (nSPS) is 25.1. The number of carbonyl (C=O) groups excluding carboxylic acids is 5. The minimum Gasteiger partial charge on any atom is -0.550 e. The molecule has 1 aliphatic heterocycles. The average Bonchev–Trinajstić information content (AvgIpc) is 2.61. The van der Waals surface area contributed by atoms with Crippen molar-refractivity contribution in [2.45, 2.75) is 70.5 Å². The second kappa shape index (κ2) is 15.0. The van der Waals surface area contributed by atoms with Crippen LogP contribution in [0.5, 0.6) is 0 Å². The summed E-state index contributed by atoms with van der Waals surface area (Å²) in [7, 11) is -0.0795. The Labute approximate surface area is 200 Å². The number of thioether (sulfide) groups is 1. The molecule has 6 atom stereocenters. The van der Waals surface area contributed by atoms with E-state index in [0.29, 0.717) is 5.75 Å². The van der Waals surface area contributed by atoms with Crippen molar-refractivity contribution in [3.63, 3.8) is 0 Å². The molecule has 190 valence electrons. The van der Waals surface area contributed by atoms with Crippen molar-refractivity contribution in [3.8, 4) is 0 Å². The van der Waals surface area contributed by atoms with E-state index in [1.54, 1.807) is 6.26 Å². The van der Waals surface area contributed by atoms with Crippen molar-refractivity contribution in [1.29, 1.82) is 0 Å². The number of hydrogen-bond acceptors (Lipinski definition) is 11. The van der Waals surface area contributed by atoms with E-state index in [9.17, 15) is 19.2 Å². The van der Waals surface area contributed by atoms with Gasteiger partial charge in [-0.25, -0.2) is 0 Å². The van der Waals surface area contributed by atoms with E-state index in [2.05, 4.69) is 5.32 Å². The summed E-state index contributed by atoms with van der Waals surface area (Å²) in [5.41, 5.74) is -0.688. The quantitative estimate of drug-likeness (QED) is 0.242. The van der Waals surface area contributed by atoms with E-state index in [0.717, 1.165) is 6.92 Å². The maximum absolute atomic E-state index is 11.8. The molecule has 1 aliphatic rings. The lowest BCUT2D eigenvalue weighted by atomic mass is 9.94. The third kappa shape index (κ3) is 12.2. The molecule has 1 N–H and O–H groups in total. The smallest absolute Gasteiger partial charge is 0.303 e. The van der Waals surface area contributed by atoms with E-state index in [1.807, 2.05) is 12.5 Å². The van der Waals surface area contributed by atoms with E-state index in [1.165, 1.54) is 39.5 Å². The predicted octanol–water partition coefficient (Wildman–Crippen LogP) is -0.992. The van der Waals surface area contributed by atoms with Crippen molar-refractivity contribution in [3.05, 3.63) is 0 Å². The molecule has 1 amide bonds. The molecule has 0 saturated carbocycles. The van der Waals surface area contributed by atoms with Gasteiger partial charge < -0.3 is 34.2 Å². The number of carbonyl (C=O) groups is 5. The number of nitrogens with one attached hydrogen (secondary N) is 1. The highest BCUT2D eigenvalue weighted by Crippen LogP contribution is 2.34. The average molecular weight is 512 g/mol. The highest BCUT2D eigenvalue weighted by molar-refractivity contribution is 7.99. The first-order valence-corrected chi connectivity index (χ1v) is 13.4. The van der Waals surface area contributed by atoms with Crippen LogP contribution in [0.15, 0.2) is 0 Å². The van der Waals surface area contributed by atoms with Gasteiger partial charge in [0.15, 0.2) is 18.3 Å². The number of carboxylic acid groups (broad SMARTS) is 1. The van der Waals surface area contributed by atoms with Crippen molar-refractivity contribution in [2.75, 3.05) is 24.5 Å². The molecule has 0 radical (unpaired) electrons. The van der Waals surface area contributed by atoms with E-state index in [4.69, 9.17) is 28.8 Å². The molecule has 33 heavy (non-hydrogen) atoms.